The number of ether oxygens (including phenoxy) is 1. The highest BCUT2D eigenvalue weighted by atomic mass is 16.5. The van der Waals surface area contributed by atoms with Crippen molar-refractivity contribution in [1.29, 1.82) is 0 Å². The monoisotopic (exact) mass is 542 g/mol. The molecule has 0 aliphatic rings. The predicted octanol–water partition coefficient (Wildman–Crippen LogP) is 2.53. The van der Waals surface area contributed by atoms with Gasteiger partial charge in [0.15, 0.2) is 0 Å². The lowest BCUT2D eigenvalue weighted by Crippen LogP contribution is -2.53. The molecule has 2 rings (SSSR count). The van der Waals surface area contributed by atoms with Gasteiger partial charge in [0.1, 0.15) is 12.1 Å². The first kappa shape index (κ1) is 32.0. The molecule has 2 aromatic rings. The Morgan fingerprint density at radius 2 is 1.59 bits per heavy atom. The average molecular weight is 543 g/mol. The molecule has 0 saturated carbocycles. The van der Waals surface area contributed by atoms with E-state index in [2.05, 4.69) is 44.9 Å². The van der Waals surface area contributed by atoms with Crippen molar-refractivity contribution in [3.05, 3.63) is 54.1 Å². The zero-order valence-electron chi connectivity index (χ0n) is 23.0. The quantitative estimate of drug-likeness (QED) is 0.119. The minimum atomic E-state index is -0.904. The number of aryl methyl sites for hydroxylation is 1. The Hall–Kier alpha value is -3.24. The highest BCUT2D eigenvalue weighted by Crippen LogP contribution is 2.11. The fourth-order valence-corrected chi connectivity index (χ4v) is 4.33. The van der Waals surface area contributed by atoms with Crippen molar-refractivity contribution in [3.8, 4) is 0 Å². The normalized spacial score (nSPS) is 12.5. The van der Waals surface area contributed by atoms with E-state index in [0.29, 0.717) is 31.7 Å². The summed E-state index contributed by atoms with van der Waals surface area (Å²) in [4.78, 5) is 44.6. The van der Waals surface area contributed by atoms with E-state index in [9.17, 15) is 14.4 Å². The lowest BCUT2D eigenvalue weighted by molar-refractivity contribution is -0.148. The number of nitrogens with zero attached hydrogens (tertiary/aromatic N) is 1. The van der Waals surface area contributed by atoms with Crippen molar-refractivity contribution in [3.63, 3.8) is 0 Å². The summed E-state index contributed by atoms with van der Waals surface area (Å²) in [6.45, 7) is 0.566. The summed E-state index contributed by atoms with van der Waals surface area (Å²) in [6, 6.07) is 8.85. The smallest absolute Gasteiger partial charge is 0.328 e. The lowest BCUT2D eigenvalue weighted by atomic mass is 10.0. The zero-order chi connectivity index (χ0) is 28.1. The summed E-state index contributed by atoms with van der Waals surface area (Å²) >= 11 is 0. The van der Waals surface area contributed by atoms with Crippen LogP contribution < -0.4 is 22.1 Å². The van der Waals surface area contributed by atoms with E-state index in [1.807, 2.05) is 6.07 Å². The maximum Gasteiger partial charge on any atom is 0.328 e. The second-order valence-corrected chi connectivity index (χ2v) is 9.83. The molecule has 39 heavy (non-hydrogen) atoms. The molecule has 1 heterocycles. The molecular weight excluding hydrogens is 496 g/mol. The number of benzene rings is 1. The van der Waals surface area contributed by atoms with Crippen molar-refractivity contribution in [2.24, 2.45) is 11.5 Å². The number of imidazole rings is 1. The Balaban J connectivity index is 1.71. The minimum Gasteiger partial charge on any atom is -0.464 e. The average Bonchev–Trinajstić information content (AvgIpc) is 3.46. The van der Waals surface area contributed by atoms with E-state index in [-0.39, 0.29) is 13.0 Å². The number of hydrogen-bond acceptors (Lipinski definition) is 7. The largest absolute Gasteiger partial charge is 0.464 e. The molecule has 7 N–H and O–H groups in total. The zero-order valence-corrected chi connectivity index (χ0v) is 23.0. The number of nitrogens with two attached hydrogens (primary N) is 2. The van der Waals surface area contributed by atoms with Crippen molar-refractivity contribution in [2.75, 3.05) is 19.7 Å². The number of esters is 1. The molecule has 2 amide bonds. The van der Waals surface area contributed by atoms with Crippen LogP contribution in [0, 0.1) is 0 Å². The van der Waals surface area contributed by atoms with Crippen LogP contribution in [0.4, 0.5) is 0 Å². The van der Waals surface area contributed by atoms with Crippen LogP contribution >= 0.6 is 0 Å². The van der Waals surface area contributed by atoms with Crippen LogP contribution in [0.5, 0.6) is 0 Å². The van der Waals surface area contributed by atoms with Crippen LogP contribution in [-0.2, 0) is 32.0 Å². The van der Waals surface area contributed by atoms with Gasteiger partial charge in [-0.1, -0.05) is 62.4 Å². The van der Waals surface area contributed by atoms with Gasteiger partial charge in [-0.15, -0.1) is 0 Å². The van der Waals surface area contributed by atoms with E-state index in [1.165, 1.54) is 37.6 Å². The van der Waals surface area contributed by atoms with Gasteiger partial charge in [0.05, 0.1) is 19.5 Å². The Labute approximate surface area is 232 Å². The summed E-state index contributed by atoms with van der Waals surface area (Å²) in [5, 5.41) is 5.38. The van der Waals surface area contributed by atoms with Crippen LogP contribution in [0.2, 0.25) is 0 Å². The van der Waals surface area contributed by atoms with E-state index in [4.69, 9.17) is 16.2 Å². The molecule has 0 aliphatic heterocycles. The highest BCUT2D eigenvalue weighted by molar-refractivity contribution is 5.91. The third-order valence-corrected chi connectivity index (χ3v) is 6.56. The van der Waals surface area contributed by atoms with Gasteiger partial charge in [0.2, 0.25) is 11.8 Å². The molecule has 1 aromatic heterocycles. The van der Waals surface area contributed by atoms with Gasteiger partial charge in [-0.3, -0.25) is 9.59 Å². The number of H-pyrrole nitrogens is 1. The van der Waals surface area contributed by atoms with Gasteiger partial charge in [0.25, 0.3) is 0 Å². The number of nitrogens with one attached hydrogen (secondary N) is 3. The molecule has 1 aromatic carbocycles. The molecule has 10 nitrogen and oxygen atoms in total. The lowest BCUT2D eigenvalue weighted by Gasteiger charge is -2.22. The number of hydrogen-bond donors (Lipinski definition) is 5. The first-order valence-electron chi connectivity index (χ1n) is 14.2. The molecule has 0 radical (unpaired) electrons. The van der Waals surface area contributed by atoms with Gasteiger partial charge in [-0.2, -0.15) is 0 Å². The van der Waals surface area contributed by atoms with E-state index < -0.39 is 29.9 Å². The highest BCUT2D eigenvalue weighted by Gasteiger charge is 2.27. The van der Waals surface area contributed by atoms with E-state index in [1.54, 1.807) is 6.20 Å². The van der Waals surface area contributed by atoms with Crippen molar-refractivity contribution >= 4 is 17.8 Å². The van der Waals surface area contributed by atoms with Crippen LogP contribution in [0.3, 0.4) is 0 Å². The third-order valence-electron chi connectivity index (χ3n) is 6.56. The van der Waals surface area contributed by atoms with Crippen molar-refractivity contribution < 1.29 is 19.1 Å². The number of aromatic nitrogens is 2. The summed E-state index contributed by atoms with van der Waals surface area (Å²) < 4.78 is 5.51. The first-order chi connectivity index (χ1) is 19.0. The van der Waals surface area contributed by atoms with Crippen LogP contribution in [-0.4, -0.2) is 59.5 Å². The molecule has 0 aliphatic carbocycles. The Morgan fingerprint density at radius 3 is 2.26 bits per heavy atom. The van der Waals surface area contributed by atoms with Gasteiger partial charge < -0.3 is 31.8 Å². The van der Waals surface area contributed by atoms with Gasteiger partial charge in [-0.05, 0) is 50.6 Å². The Kier molecular flexibility index (Phi) is 16.2. The standard InChI is InChI=1S/C29H46N6O4/c30-17-11-10-16-25(35-28(37)26(34-27(36)20-31)19-24-21-32-22-33-24)29(38)39-18-12-5-3-1-2-4-7-13-23-14-8-6-9-15-23/h6,8-9,14-15,21-22,25-26H,1-5,7,10-13,16-20,30-31H2,(H,32,33)(H,34,36)(H,35,37)/t25-,26-/m0/s1. The van der Waals surface area contributed by atoms with Gasteiger partial charge in [-0.25, -0.2) is 9.78 Å². The van der Waals surface area contributed by atoms with E-state index >= 15 is 0 Å². The summed E-state index contributed by atoms with van der Waals surface area (Å²) in [5.41, 5.74) is 13.1. The fraction of sp³-hybridized carbons (Fsp3) is 0.586. The van der Waals surface area contributed by atoms with Crippen LogP contribution in [0.25, 0.3) is 0 Å². The third kappa shape index (κ3) is 13.9. The minimum absolute atomic E-state index is 0.189. The predicted molar refractivity (Wildman–Crippen MR) is 152 cm³/mol. The summed E-state index contributed by atoms with van der Waals surface area (Å²) in [7, 11) is 0. The fourth-order valence-electron chi connectivity index (χ4n) is 4.33. The Morgan fingerprint density at radius 1 is 0.872 bits per heavy atom. The second-order valence-electron chi connectivity index (χ2n) is 9.83. The number of rotatable bonds is 21. The molecule has 10 heteroatoms. The Bertz CT molecular complexity index is 939. The maximum atomic E-state index is 13.0. The van der Waals surface area contributed by atoms with Gasteiger partial charge >= 0.3 is 5.97 Å². The molecule has 216 valence electrons. The maximum absolute atomic E-state index is 13.0. The van der Waals surface area contributed by atoms with Crippen molar-refractivity contribution in [2.45, 2.75) is 89.1 Å². The van der Waals surface area contributed by atoms with Crippen LogP contribution in [0.1, 0.15) is 75.5 Å². The summed E-state index contributed by atoms with van der Waals surface area (Å²) in [5.74, 6) is -1.41. The number of unbranched alkanes of at least 4 members (excludes halogenated alkanes) is 7. The first-order valence-corrected chi connectivity index (χ1v) is 14.2. The SMILES string of the molecule is NCCCC[C@H](NC(=O)[C@H](Cc1cnc[nH]1)NC(=O)CN)C(=O)OCCCCCCCCCc1ccccc1. The molecule has 0 spiro atoms. The van der Waals surface area contributed by atoms with Gasteiger partial charge in [0, 0.05) is 18.3 Å². The topological polar surface area (TPSA) is 165 Å². The van der Waals surface area contributed by atoms with Crippen molar-refractivity contribution in [1.82, 2.24) is 20.6 Å². The molecule has 0 bridgehead atoms. The van der Waals surface area contributed by atoms with E-state index in [0.717, 1.165) is 32.1 Å². The molecule has 0 unspecified atom stereocenters. The second kappa shape index (κ2) is 19.8. The number of amides is 2. The summed E-state index contributed by atoms with van der Waals surface area (Å²) in [6.07, 6.45) is 13.9. The number of aromatic amines is 1. The molecule has 0 fully saturated rings. The molecular formula is C29H46N6O4. The number of carbonyl (C=O) groups excluding carboxylic acids is 3. The molecule has 2 atom stereocenters. The molecule has 0 saturated heterocycles. The number of carbonyl (C=O) groups is 3. The van der Waals surface area contributed by atoms with Crippen LogP contribution in [0.15, 0.2) is 42.9 Å².